The molecule has 1 fully saturated rings. The van der Waals surface area contributed by atoms with Crippen molar-refractivity contribution in [3.63, 3.8) is 0 Å². The second-order valence-corrected chi connectivity index (χ2v) is 6.06. The van der Waals surface area contributed by atoms with E-state index in [4.69, 9.17) is 12.2 Å². The van der Waals surface area contributed by atoms with Crippen molar-refractivity contribution < 1.29 is 14.5 Å². The maximum atomic E-state index is 12.3. The van der Waals surface area contributed by atoms with Gasteiger partial charge in [0.05, 0.1) is 21.1 Å². The number of nitro benzene ring substituents is 1. The van der Waals surface area contributed by atoms with Crippen LogP contribution in [0.25, 0.3) is 5.57 Å². The number of amides is 2. The zero-order chi connectivity index (χ0) is 15.3. The van der Waals surface area contributed by atoms with Crippen LogP contribution in [0.2, 0.25) is 0 Å². The number of fused-ring (bicyclic) bond motifs is 1. The van der Waals surface area contributed by atoms with E-state index in [2.05, 4.69) is 5.32 Å². The van der Waals surface area contributed by atoms with Gasteiger partial charge in [0.2, 0.25) is 0 Å². The number of nitrogens with one attached hydrogen (secondary N) is 1. The van der Waals surface area contributed by atoms with Crippen molar-refractivity contribution in [1.29, 1.82) is 0 Å². The number of benzene rings is 1. The average Bonchev–Trinajstić information content (AvgIpc) is 2.88. The Kier molecular flexibility index (Phi) is 3.03. The molecule has 9 heteroatoms. The molecule has 0 aliphatic carbocycles. The van der Waals surface area contributed by atoms with Gasteiger partial charge in [0.1, 0.15) is 4.32 Å². The number of nitro groups is 1. The molecule has 106 valence electrons. The number of hydrogen-bond acceptors (Lipinski definition) is 6. The number of rotatable bonds is 1. The summed E-state index contributed by atoms with van der Waals surface area (Å²) in [5.41, 5.74) is 0.915. The van der Waals surface area contributed by atoms with Crippen LogP contribution in [0.4, 0.5) is 11.4 Å². The largest absolute Gasteiger partial charge is 0.311 e. The molecule has 2 aliphatic heterocycles. The minimum Gasteiger partial charge on any atom is -0.311 e. The summed E-state index contributed by atoms with van der Waals surface area (Å²) < 4.78 is 0.261. The van der Waals surface area contributed by atoms with Crippen molar-refractivity contribution in [2.45, 2.75) is 0 Å². The van der Waals surface area contributed by atoms with E-state index >= 15 is 0 Å². The van der Waals surface area contributed by atoms with Crippen molar-refractivity contribution in [2.75, 3.05) is 11.9 Å². The lowest BCUT2D eigenvalue weighted by Crippen LogP contribution is -2.22. The van der Waals surface area contributed by atoms with E-state index < -0.39 is 10.8 Å². The molecule has 2 heterocycles. The van der Waals surface area contributed by atoms with Crippen LogP contribution >= 0.6 is 24.0 Å². The highest BCUT2D eigenvalue weighted by atomic mass is 32.2. The summed E-state index contributed by atoms with van der Waals surface area (Å²) in [6.45, 7) is 0. The van der Waals surface area contributed by atoms with Crippen molar-refractivity contribution in [1.82, 2.24) is 5.32 Å². The third kappa shape index (κ3) is 2.01. The number of hydrogen-bond donors (Lipinski definition) is 1. The number of non-ortho nitro benzene ring substituents is 1. The maximum absolute atomic E-state index is 12.3. The number of likely N-dealkylation sites (N-methyl/N-ethyl adjacent to an activating group) is 1. The molecular weight excluding hydrogens is 314 g/mol. The van der Waals surface area contributed by atoms with Crippen LogP contribution in [0.3, 0.4) is 0 Å². The van der Waals surface area contributed by atoms with Crippen molar-refractivity contribution >= 4 is 57.1 Å². The lowest BCUT2D eigenvalue weighted by molar-refractivity contribution is -0.384. The minimum absolute atomic E-state index is 0.138. The highest BCUT2D eigenvalue weighted by molar-refractivity contribution is 8.27. The summed E-state index contributed by atoms with van der Waals surface area (Å²) in [5, 5.41) is 13.3. The summed E-state index contributed by atoms with van der Waals surface area (Å²) in [4.78, 5) is 36.1. The molecule has 0 aromatic heterocycles. The molecule has 1 aromatic rings. The van der Waals surface area contributed by atoms with Crippen LogP contribution < -0.4 is 10.2 Å². The van der Waals surface area contributed by atoms with Gasteiger partial charge in [-0.3, -0.25) is 19.7 Å². The van der Waals surface area contributed by atoms with Gasteiger partial charge in [-0.15, -0.1) is 0 Å². The lowest BCUT2D eigenvalue weighted by Gasteiger charge is -2.08. The van der Waals surface area contributed by atoms with E-state index in [-0.39, 0.29) is 26.4 Å². The van der Waals surface area contributed by atoms with Gasteiger partial charge in [-0.05, 0) is 6.07 Å². The SMILES string of the molecule is CN1C(=O)C(=C2SC(=S)NC2=O)c2cc([N+](=O)[O-])ccc21. The first-order valence-corrected chi connectivity index (χ1v) is 6.97. The highest BCUT2D eigenvalue weighted by Gasteiger charge is 2.38. The summed E-state index contributed by atoms with van der Waals surface area (Å²) >= 11 is 5.89. The predicted octanol–water partition coefficient (Wildman–Crippen LogP) is 1.43. The Balaban J connectivity index is 2.26. The zero-order valence-electron chi connectivity index (χ0n) is 10.6. The van der Waals surface area contributed by atoms with Gasteiger partial charge in [-0.2, -0.15) is 0 Å². The number of thiocarbonyl (C=S) groups is 1. The van der Waals surface area contributed by atoms with E-state index in [1.807, 2.05) is 0 Å². The Hall–Kier alpha value is -2.26. The van der Waals surface area contributed by atoms with Crippen LogP contribution in [0, 0.1) is 10.1 Å². The molecule has 0 saturated carbocycles. The van der Waals surface area contributed by atoms with Gasteiger partial charge in [0.25, 0.3) is 17.5 Å². The standard InChI is InChI=1S/C12H7N3O4S2/c1-14-7-3-2-5(15(18)19)4-6(7)8(11(14)17)9-10(16)13-12(20)21-9/h2-4H,1H3,(H,13,16,20). The third-order valence-corrected chi connectivity index (χ3v) is 4.42. The predicted molar refractivity (Wildman–Crippen MR) is 81.8 cm³/mol. The molecule has 1 saturated heterocycles. The minimum atomic E-state index is -0.544. The van der Waals surface area contributed by atoms with E-state index in [1.54, 1.807) is 7.05 Å². The fourth-order valence-electron chi connectivity index (χ4n) is 2.22. The molecule has 0 radical (unpaired) electrons. The monoisotopic (exact) mass is 321 g/mol. The molecule has 1 aromatic carbocycles. The van der Waals surface area contributed by atoms with Crippen LogP contribution in [0.5, 0.6) is 0 Å². The van der Waals surface area contributed by atoms with Crippen molar-refractivity contribution in [3.8, 4) is 0 Å². The number of carbonyl (C=O) groups excluding carboxylic acids is 2. The second kappa shape index (κ2) is 4.64. The smallest absolute Gasteiger partial charge is 0.270 e. The molecule has 2 amide bonds. The highest BCUT2D eigenvalue weighted by Crippen LogP contribution is 2.43. The molecule has 0 bridgehead atoms. The molecule has 0 spiro atoms. The Morgan fingerprint density at radius 3 is 2.67 bits per heavy atom. The first kappa shape index (κ1) is 13.7. The molecule has 0 unspecified atom stereocenters. The van der Waals surface area contributed by atoms with Crippen LogP contribution in [0.15, 0.2) is 23.1 Å². The topological polar surface area (TPSA) is 92.6 Å². The van der Waals surface area contributed by atoms with Gasteiger partial charge in [-0.25, -0.2) is 0 Å². The molecule has 0 atom stereocenters. The van der Waals surface area contributed by atoms with E-state index in [0.29, 0.717) is 11.3 Å². The van der Waals surface area contributed by atoms with E-state index in [9.17, 15) is 19.7 Å². The Labute approximate surface area is 128 Å². The zero-order valence-corrected chi connectivity index (χ0v) is 12.2. The molecule has 3 rings (SSSR count). The molecule has 2 aliphatic rings. The van der Waals surface area contributed by atoms with E-state index in [1.165, 1.54) is 23.1 Å². The Morgan fingerprint density at radius 2 is 2.10 bits per heavy atom. The van der Waals surface area contributed by atoms with Gasteiger partial charge in [0.15, 0.2) is 0 Å². The van der Waals surface area contributed by atoms with Crippen LogP contribution in [-0.4, -0.2) is 28.1 Å². The normalized spacial score (nSPS) is 20.8. The first-order chi connectivity index (χ1) is 9.90. The number of carbonyl (C=O) groups is 2. The molecule has 21 heavy (non-hydrogen) atoms. The van der Waals surface area contributed by atoms with Gasteiger partial charge in [-0.1, -0.05) is 24.0 Å². The fourth-order valence-corrected chi connectivity index (χ4v) is 3.34. The molecule has 1 N–H and O–H groups in total. The van der Waals surface area contributed by atoms with Crippen LogP contribution in [-0.2, 0) is 9.59 Å². The summed E-state index contributed by atoms with van der Waals surface area (Å²) in [6.07, 6.45) is 0. The summed E-state index contributed by atoms with van der Waals surface area (Å²) in [7, 11) is 1.55. The number of thioether (sulfide) groups is 1. The van der Waals surface area contributed by atoms with Crippen molar-refractivity contribution in [3.05, 3.63) is 38.8 Å². The quantitative estimate of drug-likeness (QED) is 0.364. The fraction of sp³-hybridized carbons (Fsp3) is 0.0833. The maximum Gasteiger partial charge on any atom is 0.270 e. The first-order valence-electron chi connectivity index (χ1n) is 5.74. The van der Waals surface area contributed by atoms with Gasteiger partial charge >= 0.3 is 0 Å². The lowest BCUT2D eigenvalue weighted by atomic mass is 10.1. The van der Waals surface area contributed by atoms with Crippen LogP contribution in [0.1, 0.15) is 5.56 Å². The summed E-state index contributed by atoms with van der Waals surface area (Å²) in [5.74, 6) is -0.839. The molecule has 7 nitrogen and oxygen atoms in total. The van der Waals surface area contributed by atoms with E-state index in [0.717, 1.165) is 11.8 Å². The number of anilines is 1. The Morgan fingerprint density at radius 1 is 1.38 bits per heavy atom. The number of nitrogens with zero attached hydrogens (tertiary/aromatic N) is 2. The van der Waals surface area contributed by atoms with Gasteiger partial charge in [0, 0.05) is 24.7 Å². The average molecular weight is 321 g/mol. The summed E-state index contributed by atoms with van der Waals surface area (Å²) in [6, 6.07) is 4.12. The second-order valence-electron chi connectivity index (χ2n) is 4.37. The third-order valence-electron chi connectivity index (χ3n) is 3.18. The molecular formula is C12H7N3O4S2. The van der Waals surface area contributed by atoms with Crippen molar-refractivity contribution in [2.24, 2.45) is 0 Å². The Bertz CT molecular complexity index is 772. The van der Waals surface area contributed by atoms with Gasteiger partial charge < -0.3 is 10.2 Å².